The Morgan fingerprint density at radius 2 is 2.17 bits per heavy atom. The Balaban J connectivity index is 3.10. The van der Waals surface area contributed by atoms with Crippen molar-refractivity contribution >= 4 is 11.1 Å². The second-order valence-electron chi connectivity index (χ2n) is 2.08. The lowest BCUT2D eigenvalue weighted by molar-refractivity contribution is 0.372. The Morgan fingerprint density at radius 3 is 2.58 bits per heavy atom. The van der Waals surface area contributed by atoms with E-state index in [4.69, 9.17) is 14.4 Å². The lowest BCUT2D eigenvalue weighted by Gasteiger charge is -2.02. The van der Waals surface area contributed by atoms with E-state index in [2.05, 4.69) is 0 Å². The van der Waals surface area contributed by atoms with E-state index >= 15 is 0 Å². The van der Waals surface area contributed by atoms with Gasteiger partial charge in [-0.3, -0.25) is 0 Å². The minimum absolute atomic E-state index is 0.141. The Labute approximate surface area is 72.1 Å². The van der Waals surface area contributed by atoms with Gasteiger partial charge >= 0.3 is 0 Å². The molecule has 0 spiro atoms. The number of ether oxygens (including phenoxy) is 1. The van der Waals surface area contributed by atoms with E-state index in [0.717, 1.165) is 0 Å². The van der Waals surface area contributed by atoms with Gasteiger partial charge in [0.05, 0.1) is 12.0 Å². The van der Waals surface area contributed by atoms with E-state index in [1.165, 1.54) is 25.3 Å². The Bertz CT molecular complexity index is 310. The zero-order valence-corrected chi connectivity index (χ0v) is 7.17. The van der Waals surface area contributed by atoms with Crippen LogP contribution < -0.4 is 4.74 Å². The lowest BCUT2D eigenvalue weighted by Crippen LogP contribution is -1.89. The number of methoxy groups -OCH3 is 1. The quantitative estimate of drug-likeness (QED) is 0.679. The molecule has 0 amide bonds. The topological polar surface area (TPSA) is 66.8 Å². The van der Waals surface area contributed by atoms with Crippen molar-refractivity contribution in [3.8, 4) is 11.5 Å². The Kier molecular flexibility index (Phi) is 2.67. The molecule has 2 N–H and O–H groups in total. The molecule has 0 aliphatic heterocycles. The van der Waals surface area contributed by atoms with Crippen molar-refractivity contribution in [2.75, 3.05) is 7.11 Å². The summed E-state index contributed by atoms with van der Waals surface area (Å²) in [6.45, 7) is 0. The Hall–Kier alpha value is -1.07. The van der Waals surface area contributed by atoms with E-state index in [1.807, 2.05) is 0 Å². The summed E-state index contributed by atoms with van der Waals surface area (Å²) in [6, 6.07) is 4.03. The monoisotopic (exact) mass is 188 g/mol. The van der Waals surface area contributed by atoms with Crippen LogP contribution in [0, 0.1) is 0 Å². The maximum atomic E-state index is 10.5. The largest absolute Gasteiger partial charge is 0.504 e. The van der Waals surface area contributed by atoms with E-state index in [9.17, 15) is 4.21 Å². The smallest absolute Gasteiger partial charge is 0.186 e. The molecule has 0 saturated carbocycles. The van der Waals surface area contributed by atoms with Gasteiger partial charge in [-0.1, -0.05) is 0 Å². The average molecular weight is 188 g/mol. The minimum atomic E-state index is -2.07. The fraction of sp³-hybridized carbons (Fsp3) is 0.143. The highest BCUT2D eigenvalue weighted by atomic mass is 32.2. The maximum absolute atomic E-state index is 10.5. The van der Waals surface area contributed by atoms with Gasteiger partial charge in [-0.15, -0.1) is 0 Å². The molecule has 1 aromatic rings. The van der Waals surface area contributed by atoms with E-state index in [0.29, 0.717) is 0 Å². The van der Waals surface area contributed by atoms with Crippen molar-refractivity contribution in [2.24, 2.45) is 0 Å². The fourth-order valence-corrected chi connectivity index (χ4v) is 1.18. The molecule has 66 valence electrons. The fourth-order valence-electron chi connectivity index (χ4n) is 0.778. The minimum Gasteiger partial charge on any atom is -0.504 e. The molecule has 0 fully saturated rings. The molecule has 0 radical (unpaired) electrons. The molecular formula is C7H8O4S. The first kappa shape index (κ1) is 9.02. The lowest BCUT2D eigenvalue weighted by atomic mass is 10.3. The summed E-state index contributed by atoms with van der Waals surface area (Å²) >= 11 is -2.07. The summed E-state index contributed by atoms with van der Waals surface area (Å²) in [6.07, 6.45) is 0. The predicted octanol–water partition coefficient (Wildman–Crippen LogP) is 0.981. The number of hydrogen-bond acceptors (Lipinski definition) is 3. The van der Waals surface area contributed by atoms with Gasteiger partial charge in [0.25, 0.3) is 0 Å². The molecule has 0 heterocycles. The normalized spacial score (nSPS) is 12.5. The Morgan fingerprint density at radius 1 is 1.50 bits per heavy atom. The number of phenolic OH excluding ortho intramolecular Hbond substituents is 1. The van der Waals surface area contributed by atoms with Crippen LogP contribution in [-0.4, -0.2) is 21.0 Å². The van der Waals surface area contributed by atoms with Gasteiger partial charge in [-0.25, -0.2) is 4.21 Å². The third-order valence-electron chi connectivity index (χ3n) is 1.35. The molecule has 0 aromatic heterocycles. The molecule has 0 saturated heterocycles. The molecule has 5 heteroatoms. The number of aromatic hydroxyl groups is 1. The van der Waals surface area contributed by atoms with Gasteiger partial charge in [-0.2, -0.15) is 0 Å². The van der Waals surface area contributed by atoms with Crippen LogP contribution in [0.3, 0.4) is 0 Å². The molecule has 1 rings (SSSR count). The first-order valence-corrected chi connectivity index (χ1v) is 4.23. The van der Waals surface area contributed by atoms with Crippen LogP contribution in [-0.2, 0) is 11.1 Å². The van der Waals surface area contributed by atoms with Crippen molar-refractivity contribution in [3.63, 3.8) is 0 Å². The van der Waals surface area contributed by atoms with Crippen molar-refractivity contribution in [1.29, 1.82) is 0 Å². The second-order valence-corrected chi connectivity index (χ2v) is 3.05. The third kappa shape index (κ3) is 1.75. The van der Waals surface area contributed by atoms with Crippen molar-refractivity contribution < 1.29 is 18.6 Å². The van der Waals surface area contributed by atoms with E-state index in [-0.39, 0.29) is 16.4 Å². The number of hydrogen-bond donors (Lipinski definition) is 2. The van der Waals surface area contributed by atoms with Gasteiger partial charge in [0, 0.05) is 6.07 Å². The van der Waals surface area contributed by atoms with Crippen molar-refractivity contribution in [3.05, 3.63) is 18.2 Å². The summed E-state index contributed by atoms with van der Waals surface area (Å²) in [5, 5.41) is 9.17. The summed E-state index contributed by atoms with van der Waals surface area (Å²) in [4.78, 5) is 0.147. The zero-order chi connectivity index (χ0) is 9.14. The predicted molar refractivity (Wildman–Crippen MR) is 43.7 cm³/mol. The molecule has 0 bridgehead atoms. The van der Waals surface area contributed by atoms with Crippen molar-refractivity contribution in [2.45, 2.75) is 4.90 Å². The highest BCUT2D eigenvalue weighted by molar-refractivity contribution is 7.79. The summed E-state index contributed by atoms with van der Waals surface area (Å²) in [7, 11) is 1.41. The summed E-state index contributed by atoms with van der Waals surface area (Å²) in [5.41, 5.74) is 0. The molecule has 1 unspecified atom stereocenters. The third-order valence-corrected chi connectivity index (χ3v) is 2.01. The van der Waals surface area contributed by atoms with Crippen LogP contribution in [0.5, 0.6) is 11.5 Å². The summed E-state index contributed by atoms with van der Waals surface area (Å²) < 4.78 is 23.9. The second kappa shape index (κ2) is 3.55. The first-order valence-electron chi connectivity index (χ1n) is 3.13. The maximum Gasteiger partial charge on any atom is 0.186 e. The molecule has 0 aliphatic carbocycles. The highest BCUT2D eigenvalue weighted by Crippen LogP contribution is 2.26. The standard InChI is InChI=1S/C7H8O4S/c1-11-7-3-2-5(12(9)10)4-6(7)8/h2-4,8H,1H3,(H,9,10). The highest BCUT2D eigenvalue weighted by Gasteiger charge is 2.05. The molecule has 1 atom stereocenters. The molecule has 0 aliphatic rings. The van der Waals surface area contributed by atoms with Gasteiger partial charge in [-0.05, 0) is 12.1 Å². The van der Waals surface area contributed by atoms with Crippen LogP contribution in [0.25, 0.3) is 0 Å². The zero-order valence-electron chi connectivity index (χ0n) is 6.35. The average Bonchev–Trinajstić information content (AvgIpc) is 2.04. The van der Waals surface area contributed by atoms with E-state index in [1.54, 1.807) is 0 Å². The molecule has 1 aromatic carbocycles. The number of rotatable bonds is 2. The van der Waals surface area contributed by atoms with Crippen LogP contribution in [0.15, 0.2) is 23.1 Å². The molecule has 12 heavy (non-hydrogen) atoms. The van der Waals surface area contributed by atoms with Crippen LogP contribution >= 0.6 is 0 Å². The first-order chi connectivity index (χ1) is 5.65. The van der Waals surface area contributed by atoms with Gasteiger partial charge in [0.2, 0.25) is 0 Å². The van der Waals surface area contributed by atoms with E-state index < -0.39 is 11.1 Å². The number of benzene rings is 1. The SMILES string of the molecule is COc1ccc(S(=O)O)cc1O. The van der Waals surface area contributed by atoms with Gasteiger partial charge < -0.3 is 14.4 Å². The van der Waals surface area contributed by atoms with Gasteiger partial charge in [0.15, 0.2) is 22.6 Å². The summed E-state index contributed by atoms with van der Waals surface area (Å²) in [5.74, 6) is 0.140. The molecule has 4 nitrogen and oxygen atoms in total. The van der Waals surface area contributed by atoms with Crippen LogP contribution in [0.1, 0.15) is 0 Å². The van der Waals surface area contributed by atoms with Crippen LogP contribution in [0.2, 0.25) is 0 Å². The van der Waals surface area contributed by atoms with Crippen molar-refractivity contribution in [1.82, 2.24) is 0 Å². The molecular weight excluding hydrogens is 180 g/mol. The van der Waals surface area contributed by atoms with Gasteiger partial charge in [0.1, 0.15) is 0 Å². The number of phenols is 1. The van der Waals surface area contributed by atoms with Crippen LogP contribution in [0.4, 0.5) is 0 Å².